The van der Waals surface area contributed by atoms with E-state index in [1.54, 1.807) is 24.1 Å². The molecule has 2 aromatic carbocycles. The lowest BCUT2D eigenvalue weighted by Crippen LogP contribution is -2.48. The van der Waals surface area contributed by atoms with Crippen molar-refractivity contribution in [3.63, 3.8) is 0 Å². The highest BCUT2D eigenvalue weighted by Crippen LogP contribution is 2.32. The lowest BCUT2D eigenvalue weighted by atomic mass is 10.1. The maximum Gasteiger partial charge on any atom is 0.416 e. The van der Waals surface area contributed by atoms with Gasteiger partial charge in [-0.05, 0) is 42.5 Å². The van der Waals surface area contributed by atoms with Crippen molar-refractivity contribution in [3.8, 4) is 5.75 Å². The van der Waals surface area contributed by atoms with Gasteiger partial charge >= 0.3 is 6.18 Å². The minimum absolute atomic E-state index is 0.209. The number of rotatable bonds is 5. The molecule has 0 bridgehead atoms. The van der Waals surface area contributed by atoms with Crippen LogP contribution in [0.5, 0.6) is 5.75 Å². The maximum atomic E-state index is 13.2. The standard InChI is InChI=1S/C24H23F3N4O2/c1-33-20-8-3-7-19(16-20)30-11-13-31(14-12-30)23(32)21-9-4-10-28-22(21)29-18-6-2-5-17(15-18)24(25,26)27/h2-10,15-16H,11-14H2,1H3,(H,28,29). The molecule has 4 rings (SSSR count). The maximum absolute atomic E-state index is 13.2. The van der Waals surface area contributed by atoms with Crippen LogP contribution in [0.25, 0.3) is 0 Å². The predicted octanol–water partition coefficient (Wildman–Crippen LogP) is 4.82. The zero-order valence-corrected chi connectivity index (χ0v) is 18.0. The molecule has 0 unspecified atom stereocenters. The number of anilines is 3. The Labute approximate surface area is 189 Å². The van der Waals surface area contributed by atoms with E-state index in [-0.39, 0.29) is 17.4 Å². The number of nitrogens with zero attached hydrogens (tertiary/aromatic N) is 3. The van der Waals surface area contributed by atoms with Gasteiger partial charge in [0.15, 0.2) is 0 Å². The van der Waals surface area contributed by atoms with Gasteiger partial charge in [-0.3, -0.25) is 4.79 Å². The van der Waals surface area contributed by atoms with Crippen molar-refractivity contribution in [2.75, 3.05) is 43.5 Å². The van der Waals surface area contributed by atoms with Crippen molar-refractivity contribution in [1.29, 1.82) is 0 Å². The van der Waals surface area contributed by atoms with E-state index in [1.165, 1.54) is 18.3 Å². The molecule has 1 saturated heterocycles. The van der Waals surface area contributed by atoms with E-state index in [4.69, 9.17) is 4.74 Å². The van der Waals surface area contributed by atoms with Crippen LogP contribution < -0.4 is 15.0 Å². The molecule has 0 spiro atoms. The van der Waals surface area contributed by atoms with Crippen LogP contribution in [0, 0.1) is 0 Å². The second kappa shape index (κ2) is 9.40. The molecule has 33 heavy (non-hydrogen) atoms. The molecule has 0 aliphatic carbocycles. The van der Waals surface area contributed by atoms with Crippen LogP contribution in [0.3, 0.4) is 0 Å². The monoisotopic (exact) mass is 456 g/mol. The molecule has 1 aromatic heterocycles. The Morgan fingerprint density at radius 3 is 2.48 bits per heavy atom. The van der Waals surface area contributed by atoms with Crippen LogP contribution >= 0.6 is 0 Å². The van der Waals surface area contributed by atoms with Gasteiger partial charge in [0.25, 0.3) is 5.91 Å². The highest BCUT2D eigenvalue weighted by molar-refractivity contribution is 5.99. The van der Waals surface area contributed by atoms with E-state index in [0.717, 1.165) is 23.6 Å². The van der Waals surface area contributed by atoms with E-state index >= 15 is 0 Å². The minimum Gasteiger partial charge on any atom is -0.497 e. The van der Waals surface area contributed by atoms with Crippen molar-refractivity contribution >= 4 is 23.1 Å². The lowest BCUT2D eigenvalue weighted by molar-refractivity contribution is -0.137. The highest BCUT2D eigenvalue weighted by atomic mass is 19.4. The summed E-state index contributed by atoms with van der Waals surface area (Å²) in [6.45, 7) is 2.31. The Hall–Kier alpha value is -3.75. The first-order valence-corrected chi connectivity index (χ1v) is 10.4. The van der Waals surface area contributed by atoms with Gasteiger partial charge in [0, 0.05) is 49.8 Å². The first-order chi connectivity index (χ1) is 15.8. The zero-order valence-electron chi connectivity index (χ0n) is 18.0. The van der Waals surface area contributed by atoms with Crippen molar-refractivity contribution in [2.24, 2.45) is 0 Å². The molecule has 0 atom stereocenters. The third-order valence-corrected chi connectivity index (χ3v) is 5.48. The number of alkyl halides is 3. The van der Waals surface area contributed by atoms with Crippen molar-refractivity contribution in [3.05, 3.63) is 78.0 Å². The van der Waals surface area contributed by atoms with Crippen molar-refractivity contribution in [1.82, 2.24) is 9.88 Å². The van der Waals surface area contributed by atoms with Gasteiger partial charge in [-0.25, -0.2) is 4.98 Å². The molecule has 0 saturated carbocycles. The molecular weight excluding hydrogens is 433 g/mol. The summed E-state index contributed by atoms with van der Waals surface area (Å²) in [6, 6.07) is 15.8. The summed E-state index contributed by atoms with van der Waals surface area (Å²) in [5.41, 5.74) is 0.768. The van der Waals surface area contributed by atoms with E-state index in [2.05, 4.69) is 15.2 Å². The van der Waals surface area contributed by atoms with Crippen LogP contribution in [0.1, 0.15) is 15.9 Å². The number of hydrogen-bond donors (Lipinski definition) is 1. The first kappa shape index (κ1) is 22.4. The Morgan fingerprint density at radius 1 is 1.00 bits per heavy atom. The number of amides is 1. The Kier molecular flexibility index (Phi) is 6.39. The normalized spacial score (nSPS) is 14.2. The smallest absolute Gasteiger partial charge is 0.416 e. The molecule has 2 heterocycles. The van der Waals surface area contributed by atoms with Gasteiger partial charge in [0.05, 0.1) is 18.2 Å². The average molecular weight is 456 g/mol. The van der Waals surface area contributed by atoms with Gasteiger partial charge in [0.2, 0.25) is 0 Å². The molecule has 9 heteroatoms. The number of hydrogen-bond acceptors (Lipinski definition) is 5. The number of benzene rings is 2. The molecule has 172 valence electrons. The molecule has 1 fully saturated rings. The summed E-state index contributed by atoms with van der Waals surface area (Å²) in [5.74, 6) is 0.770. The van der Waals surface area contributed by atoms with Gasteiger partial charge in [-0.15, -0.1) is 0 Å². The SMILES string of the molecule is COc1cccc(N2CCN(C(=O)c3cccnc3Nc3cccc(C(F)(F)F)c3)CC2)c1. The van der Waals surface area contributed by atoms with Crippen molar-refractivity contribution in [2.45, 2.75) is 6.18 Å². The number of piperazine rings is 1. The second-order valence-electron chi connectivity index (χ2n) is 7.58. The number of aromatic nitrogens is 1. The van der Waals surface area contributed by atoms with Crippen LogP contribution in [0.2, 0.25) is 0 Å². The summed E-state index contributed by atoms with van der Waals surface area (Å²) in [6.07, 6.45) is -2.96. The molecule has 3 aromatic rings. The number of pyridine rings is 1. The highest BCUT2D eigenvalue weighted by Gasteiger charge is 2.30. The minimum atomic E-state index is -4.46. The average Bonchev–Trinajstić information content (AvgIpc) is 2.84. The number of halogens is 3. The second-order valence-corrected chi connectivity index (χ2v) is 7.58. The predicted molar refractivity (Wildman–Crippen MR) is 120 cm³/mol. The summed E-state index contributed by atoms with van der Waals surface area (Å²) < 4.78 is 44.4. The molecule has 1 N–H and O–H groups in total. The number of carbonyl (C=O) groups is 1. The summed E-state index contributed by atoms with van der Waals surface area (Å²) in [5, 5.41) is 2.87. The molecular formula is C24H23F3N4O2. The number of carbonyl (C=O) groups excluding carboxylic acids is 1. The third-order valence-electron chi connectivity index (χ3n) is 5.48. The number of methoxy groups -OCH3 is 1. The number of ether oxygens (including phenoxy) is 1. The number of nitrogens with one attached hydrogen (secondary N) is 1. The summed E-state index contributed by atoms with van der Waals surface area (Å²) >= 11 is 0. The van der Waals surface area contributed by atoms with E-state index in [0.29, 0.717) is 31.7 Å². The van der Waals surface area contributed by atoms with Gasteiger partial charge in [0.1, 0.15) is 11.6 Å². The fraction of sp³-hybridized carbons (Fsp3) is 0.250. The zero-order chi connectivity index (χ0) is 23.4. The van der Waals surface area contributed by atoms with Crippen LogP contribution in [0.4, 0.5) is 30.4 Å². The lowest BCUT2D eigenvalue weighted by Gasteiger charge is -2.36. The Balaban J connectivity index is 1.47. The van der Waals surface area contributed by atoms with E-state index in [9.17, 15) is 18.0 Å². The quantitative estimate of drug-likeness (QED) is 0.597. The first-order valence-electron chi connectivity index (χ1n) is 10.4. The fourth-order valence-corrected chi connectivity index (χ4v) is 3.73. The van der Waals surface area contributed by atoms with Crippen LogP contribution in [-0.2, 0) is 6.18 Å². The largest absolute Gasteiger partial charge is 0.497 e. The van der Waals surface area contributed by atoms with Gasteiger partial charge in [-0.2, -0.15) is 13.2 Å². The van der Waals surface area contributed by atoms with Crippen molar-refractivity contribution < 1.29 is 22.7 Å². The fourth-order valence-electron chi connectivity index (χ4n) is 3.73. The van der Waals surface area contributed by atoms with E-state index < -0.39 is 11.7 Å². The molecule has 0 radical (unpaired) electrons. The molecule has 1 aliphatic heterocycles. The molecule has 1 aliphatic rings. The molecule has 1 amide bonds. The molecule has 6 nitrogen and oxygen atoms in total. The Morgan fingerprint density at radius 2 is 1.76 bits per heavy atom. The van der Waals surface area contributed by atoms with Gasteiger partial charge < -0.3 is 19.9 Å². The Bertz CT molecular complexity index is 1130. The summed E-state index contributed by atoms with van der Waals surface area (Å²) in [4.78, 5) is 21.3. The van der Waals surface area contributed by atoms with Gasteiger partial charge in [-0.1, -0.05) is 12.1 Å². The van der Waals surface area contributed by atoms with Crippen LogP contribution in [0.15, 0.2) is 66.9 Å². The van der Waals surface area contributed by atoms with Crippen LogP contribution in [-0.4, -0.2) is 49.1 Å². The van der Waals surface area contributed by atoms with E-state index in [1.807, 2.05) is 24.3 Å². The topological polar surface area (TPSA) is 57.7 Å². The third kappa shape index (κ3) is 5.19. The summed E-state index contributed by atoms with van der Waals surface area (Å²) in [7, 11) is 1.62.